The number of H-pyrrole nitrogens is 1. The van der Waals surface area contributed by atoms with Crippen molar-refractivity contribution in [2.45, 2.75) is 12.8 Å². The summed E-state index contributed by atoms with van der Waals surface area (Å²) in [6.07, 6.45) is 1.54. The molecular weight excluding hydrogens is 202 g/mol. The van der Waals surface area contributed by atoms with Crippen LogP contribution >= 0.6 is 0 Å². The van der Waals surface area contributed by atoms with E-state index in [9.17, 15) is 0 Å². The van der Waals surface area contributed by atoms with Crippen molar-refractivity contribution in [3.05, 3.63) is 24.0 Å². The van der Waals surface area contributed by atoms with E-state index >= 15 is 0 Å². The summed E-state index contributed by atoms with van der Waals surface area (Å²) in [4.78, 5) is 9.81. The number of aliphatic hydroxyl groups excluding tert-OH is 1. The van der Waals surface area contributed by atoms with Gasteiger partial charge in [0.2, 0.25) is 0 Å². The van der Waals surface area contributed by atoms with E-state index in [1.165, 1.54) is 0 Å². The van der Waals surface area contributed by atoms with E-state index in [4.69, 9.17) is 5.11 Å². The highest BCUT2D eigenvalue weighted by molar-refractivity contribution is 5.79. The smallest absolute Gasteiger partial charge is 0.107 e. The second kappa shape index (κ2) is 4.53. The maximum Gasteiger partial charge on any atom is 0.107 e. The molecule has 0 aliphatic rings. The molecule has 86 valence electrons. The topological polar surface area (TPSA) is 52.1 Å². The minimum absolute atomic E-state index is 0.208. The second-order valence-corrected chi connectivity index (χ2v) is 4.11. The summed E-state index contributed by atoms with van der Waals surface area (Å²) in [7, 11) is 4.04. The van der Waals surface area contributed by atoms with Crippen molar-refractivity contribution < 1.29 is 5.11 Å². The molecule has 2 aromatic rings. The van der Waals surface area contributed by atoms with Gasteiger partial charge in [0.25, 0.3) is 0 Å². The summed E-state index contributed by atoms with van der Waals surface area (Å²) in [6.45, 7) is 0.208. The molecule has 0 bridgehead atoms. The molecule has 0 spiro atoms. The summed E-state index contributed by atoms with van der Waals surface area (Å²) in [5.74, 6) is 0.944. The molecule has 0 aliphatic heterocycles. The minimum atomic E-state index is 0.208. The number of nitrogens with zero attached hydrogens (tertiary/aromatic N) is 2. The zero-order valence-electron chi connectivity index (χ0n) is 9.70. The third-order valence-electron chi connectivity index (χ3n) is 2.60. The van der Waals surface area contributed by atoms with Crippen LogP contribution in [0.4, 0.5) is 5.69 Å². The molecule has 1 aromatic heterocycles. The van der Waals surface area contributed by atoms with Crippen LogP contribution in [0.1, 0.15) is 12.2 Å². The fourth-order valence-corrected chi connectivity index (χ4v) is 1.69. The summed E-state index contributed by atoms with van der Waals surface area (Å²) in [5.41, 5.74) is 3.20. The summed E-state index contributed by atoms with van der Waals surface area (Å²) in [5, 5.41) is 8.77. The van der Waals surface area contributed by atoms with E-state index in [0.717, 1.165) is 35.4 Å². The Hall–Kier alpha value is -1.55. The molecule has 4 nitrogen and oxygen atoms in total. The van der Waals surface area contributed by atoms with Crippen LogP contribution in [0.25, 0.3) is 11.0 Å². The van der Waals surface area contributed by atoms with Crippen molar-refractivity contribution >= 4 is 16.7 Å². The lowest BCUT2D eigenvalue weighted by atomic mass is 10.2. The van der Waals surface area contributed by atoms with Crippen LogP contribution in [0.3, 0.4) is 0 Å². The number of aromatic amines is 1. The second-order valence-electron chi connectivity index (χ2n) is 4.11. The van der Waals surface area contributed by atoms with Gasteiger partial charge in [0, 0.05) is 32.8 Å². The average molecular weight is 219 g/mol. The number of aliphatic hydroxyl groups is 1. The van der Waals surface area contributed by atoms with Crippen LogP contribution in [0.5, 0.6) is 0 Å². The minimum Gasteiger partial charge on any atom is -0.396 e. The van der Waals surface area contributed by atoms with Gasteiger partial charge >= 0.3 is 0 Å². The summed E-state index contributed by atoms with van der Waals surface area (Å²) in [6, 6.07) is 6.16. The zero-order valence-corrected chi connectivity index (χ0v) is 9.70. The molecule has 1 heterocycles. The number of benzene rings is 1. The Balaban J connectivity index is 2.30. The first kappa shape index (κ1) is 11.0. The quantitative estimate of drug-likeness (QED) is 0.820. The van der Waals surface area contributed by atoms with E-state index in [2.05, 4.69) is 27.0 Å². The highest BCUT2D eigenvalue weighted by Crippen LogP contribution is 2.19. The Kier molecular flexibility index (Phi) is 3.10. The predicted molar refractivity (Wildman–Crippen MR) is 65.8 cm³/mol. The van der Waals surface area contributed by atoms with Crippen LogP contribution in [0, 0.1) is 0 Å². The molecule has 0 saturated carbocycles. The Morgan fingerprint density at radius 3 is 2.88 bits per heavy atom. The van der Waals surface area contributed by atoms with Gasteiger partial charge in [-0.3, -0.25) is 0 Å². The number of hydrogen-bond acceptors (Lipinski definition) is 3. The van der Waals surface area contributed by atoms with E-state index in [0.29, 0.717) is 0 Å². The van der Waals surface area contributed by atoms with Crippen LogP contribution in [-0.4, -0.2) is 35.8 Å². The lowest BCUT2D eigenvalue weighted by Gasteiger charge is -2.11. The Morgan fingerprint density at radius 1 is 1.38 bits per heavy atom. The number of rotatable bonds is 4. The van der Waals surface area contributed by atoms with Crippen molar-refractivity contribution in [1.29, 1.82) is 0 Å². The molecule has 0 atom stereocenters. The van der Waals surface area contributed by atoms with Crippen molar-refractivity contribution in [1.82, 2.24) is 9.97 Å². The number of fused-ring (bicyclic) bond motifs is 1. The molecule has 0 amide bonds. The monoisotopic (exact) mass is 219 g/mol. The Bertz CT molecular complexity index is 476. The molecule has 2 rings (SSSR count). The van der Waals surface area contributed by atoms with Crippen LogP contribution in [-0.2, 0) is 6.42 Å². The van der Waals surface area contributed by atoms with Gasteiger partial charge in [0.1, 0.15) is 5.82 Å². The fraction of sp³-hybridized carbons (Fsp3) is 0.417. The van der Waals surface area contributed by atoms with Gasteiger partial charge in [-0.25, -0.2) is 4.98 Å². The first-order valence-corrected chi connectivity index (χ1v) is 5.47. The first-order valence-electron chi connectivity index (χ1n) is 5.47. The number of aryl methyl sites for hydroxylation is 1. The average Bonchev–Trinajstić information content (AvgIpc) is 2.67. The molecule has 2 N–H and O–H groups in total. The maximum atomic E-state index is 8.77. The van der Waals surface area contributed by atoms with E-state index in [-0.39, 0.29) is 6.61 Å². The van der Waals surface area contributed by atoms with Crippen molar-refractivity contribution in [2.24, 2.45) is 0 Å². The molecule has 0 radical (unpaired) electrons. The van der Waals surface area contributed by atoms with Gasteiger partial charge in [-0.2, -0.15) is 0 Å². The molecule has 0 aliphatic carbocycles. The summed E-state index contributed by atoms with van der Waals surface area (Å²) < 4.78 is 0. The van der Waals surface area contributed by atoms with Gasteiger partial charge in [-0.05, 0) is 24.6 Å². The van der Waals surface area contributed by atoms with Crippen LogP contribution in [0.2, 0.25) is 0 Å². The Morgan fingerprint density at radius 2 is 2.19 bits per heavy atom. The third-order valence-corrected chi connectivity index (χ3v) is 2.60. The van der Waals surface area contributed by atoms with Crippen molar-refractivity contribution in [3.63, 3.8) is 0 Å². The molecule has 4 heteroatoms. The largest absolute Gasteiger partial charge is 0.396 e. The number of imidazole rings is 1. The zero-order chi connectivity index (χ0) is 11.5. The van der Waals surface area contributed by atoms with Gasteiger partial charge in [0.15, 0.2) is 0 Å². The molecule has 16 heavy (non-hydrogen) atoms. The van der Waals surface area contributed by atoms with Gasteiger partial charge < -0.3 is 15.0 Å². The van der Waals surface area contributed by atoms with E-state index in [1.807, 2.05) is 20.2 Å². The maximum absolute atomic E-state index is 8.77. The summed E-state index contributed by atoms with van der Waals surface area (Å²) >= 11 is 0. The van der Waals surface area contributed by atoms with Crippen molar-refractivity contribution in [2.75, 3.05) is 25.6 Å². The molecule has 0 unspecified atom stereocenters. The number of anilines is 1. The van der Waals surface area contributed by atoms with Crippen molar-refractivity contribution in [3.8, 4) is 0 Å². The molecular formula is C12H17N3O. The molecule has 0 fully saturated rings. The standard InChI is InChI=1S/C12H17N3O/c1-15(2)9-5-6-10-11(8-9)14-12(13-10)4-3-7-16/h5-6,8,16H,3-4,7H2,1-2H3,(H,13,14). The lowest BCUT2D eigenvalue weighted by Crippen LogP contribution is -2.07. The van der Waals surface area contributed by atoms with Crippen LogP contribution in [0.15, 0.2) is 18.2 Å². The fourth-order valence-electron chi connectivity index (χ4n) is 1.69. The Labute approximate surface area is 94.9 Å². The van der Waals surface area contributed by atoms with Crippen LogP contribution < -0.4 is 4.90 Å². The third kappa shape index (κ3) is 2.17. The van der Waals surface area contributed by atoms with Gasteiger partial charge in [-0.15, -0.1) is 0 Å². The van der Waals surface area contributed by atoms with Gasteiger partial charge in [0.05, 0.1) is 11.0 Å². The first-order chi connectivity index (χ1) is 7.70. The lowest BCUT2D eigenvalue weighted by molar-refractivity contribution is 0.287. The molecule has 0 saturated heterocycles. The van der Waals surface area contributed by atoms with Gasteiger partial charge in [-0.1, -0.05) is 0 Å². The highest BCUT2D eigenvalue weighted by atomic mass is 16.2. The van der Waals surface area contributed by atoms with E-state index < -0.39 is 0 Å². The number of aromatic nitrogens is 2. The number of nitrogens with one attached hydrogen (secondary N) is 1. The predicted octanol–water partition coefficient (Wildman–Crippen LogP) is 1.55. The normalized spacial score (nSPS) is 10.9. The molecule has 1 aromatic carbocycles. The highest BCUT2D eigenvalue weighted by Gasteiger charge is 2.04. The van der Waals surface area contributed by atoms with E-state index in [1.54, 1.807) is 0 Å². The SMILES string of the molecule is CN(C)c1ccc2nc(CCCO)[nH]c2c1. The number of hydrogen-bond donors (Lipinski definition) is 2.